The third-order valence-corrected chi connectivity index (χ3v) is 3.50. The molecule has 166 valence electrons. The van der Waals surface area contributed by atoms with Crippen LogP contribution >= 0.6 is 0 Å². The van der Waals surface area contributed by atoms with Gasteiger partial charge in [-0.25, -0.2) is 0 Å². The first-order chi connectivity index (χ1) is 13.3. The van der Waals surface area contributed by atoms with Crippen LogP contribution in [0.15, 0.2) is 0 Å². The van der Waals surface area contributed by atoms with E-state index in [1.807, 2.05) is 0 Å². The van der Waals surface area contributed by atoms with Gasteiger partial charge in [0.1, 0.15) is 18.8 Å². The Morgan fingerprint density at radius 1 is 0.621 bits per heavy atom. The van der Waals surface area contributed by atoms with Gasteiger partial charge < -0.3 is 28.8 Å². The minimum Gasteiger partial charge on any atom is -0.465 e. The van der Waals surface area contributed by atoms with Gasteiger partial charge in [0.05, 0.1) is 6.61 Å². The van der Waals surface area contributed by atoms with Gasteiger partial charge >= 0.3 is 29.8 Å². The molecule has 0 fully saturated rings. The average molecular weight is 420 g/mol. The fourth-order valence-corrected chi connectivity index (χ4v) is 2.41. The number of hydrogen-bond donors (Lipinski definition) is 1. The second-order valence-electron chi connectivity index (χ2n) is 6.37. The van der Waals surface area contributed by atoms with Crippen LogP contribution < -0.4 is 0 Å². The Hall–Kier alpha value is -2.69. The van der Waals surface area contributed by atoms with Crippen LogP contribution in [0.25, 0.3) is 0 Å². The van der Waals surface area contributed by atoms with Gasteiger partial charge in [-0.15, -0.1) is 0 Å². The molecule has 0 saturated carbocycles. The maximum Gasteiger partial charge on any atom is 0.303 e. The van der Waals surface area contributed by atoms with Crippen LogP contribution in [0.1, 0.15) is 41.5 Å². The molecule has 0 aromatic carbocycles. The number of rotatable bonds is 11. The molecule has 0 rings (SSSR count). The van der Waals surface area contributed by atoms with E-state index in [2.05, 4.69) is 0 Å². The Morgan fingerprint density at radius 2 is 1.00 bits per heavy atom. The summed E-state index contributed by atoms with van der Waals surface area (Å²) >= 11 is 0. The minimum atomic E-state index is -1.61. The zero-order valence-electron chi connectivity index (χ0n) is 17.3. The number of carbonyl (C=O) groups excluding carboxylic acids is 5. The summed E-state index contributed by atoms with van der Waals surface area (Å²) in [4.78, 5) is 57.0. The number of carbonyl (C=O) groups is 5. The van der Waals surface area contributed by atoms with Crippen LogP contribution in [0.3, 0.4) is 0 Å². The Bertz CT molecular complexity index is 557. The summed E-state index contributed by atoms with van der Waals surface area (Å²) in [7, 11) is 0. The maximum atomic E-state index is 11.7. The number of ether oxygens (including phenoxy) is 5. The lowest BCUT2D eigenvalue weighted by Gasteiger charge is -2.36. The predicted molar refractivity (Wildman–Crippen MR) is 95.1 cm³/mol. The fourth-order valence-electron chi connectivity index (χ4n) is 2.41. The summed E-state index contributed by atoms with van der Waals surface area (Å²) < 4.78 is 25.2. The van der Waals surface area contributed by atoms with Gasteiger partial charge in [-0.2, -0.15) is 0 Å². The first-order valence-electron chi connectivity index (χ1n) is 8.81. The van der Waals surface area contributed by atoms with E-state index in [0.29, 0.717) is 0 Å². The highest BCUT2D eigenvalue weighted by atomic mass is 16.6. The van der Waals surface area contributed by atoms with E-state index in [9.17, 15) is 29.1 Å². The highest BCUT2D eigenvalue weighted by Gasteiger charge is 2.44. The first-order valence-corrected chi connectivity index (χ1v) is 8.81. The van der Waals surface area contributed by atoms with Crippen LogP contribution in [-0.4, -0.2) is 72.6 Å². The van der Waals surface area contributed by atoms with Crippen molar-refractivity contribution in [3.05, 3.63) is 0 Å². The van der Waals surface area contributed by atoms with Crippen LogP contribution in [0.4, 0.5) is 0 Å². The van der Waals surface area contributed by atoms with E-state index >= 15 is 0 Å². The Labute approximate surface area is 168 Å². The summed E-state index contributed by atoms with van der Waals surface area (Å²) in [5.41, 5.74) is 0. The molecular weight excluding hydrogens is 392 g/mol. The van der Waals surface area contributed by atoms with Crippen molar-refractivity contribution in [3.8, 4) is 0 Å². The third-order valence-electron chi connectivity index (χ3n) is 3.50. The van der Waals surface area contributed by atoms with Crippen molar-refractivity contribution >= 4 is 29.8 Å². The molecule has 5 atom stereocenters. The largest absolute Gasteiger partial charge is 0.465 e. The standard InChI is InChI=1S/C18H28O11/c1-9(7-25-10(2)19)16(27-12(4)21)18(29-14(6)23)17(28-13(5)22)15(24)8-26-11(3)20/h9,15-18,24H,7-8H2,1-6H3/t9?,15-,16+,17?,18?/m0/s1. The molecule has 0 aliphatic rings. The van der Waals surface area contributed by atoms with Crippen molar-refractivity contribution in [1.29, 1.82) is 0 Å². The molecule has 0 aliphatic heterocycles. The molecule has 0 aromatic rings. The molecule has 3 unspecified atom stereocenters. The number of hydrogen-bond acceptors (Lipinski definition) is 11. The molecule has 0 amide bonds. The maximum absolute atomic E-state index is 11.7. The molecule has 0 radical (unpaired) electrons. The van der Waals surface area contributed by atoms with Crippen molar-refractivity contribution in [2.45, 2.75) is 66.0 Å². The SMILES string of the molecule is CC(=O)OCC(C)[C@@H](OC(C)=O)C(OC(C)=O)C(OC(C)=O)[C@@H](O)COC(C)=O. The monoisotopic (exact) mass is 420 g/mol. The number of aliphatic hydroxyl groups excluding tert-OH is 1. The van der Waals surface area contributed by atoms with Gasteiger partial charge in [0.2, 0.25) is 0 Å². The van der Waals surface area contributed by atoms with Crippen molar-refractivity contribution in [2.24, 2.45) is 5.92 Å². The van der Waals surface area contributed by atoms with E-state index in [-0.39, 0.29) is 6.61 Å². The Kier molecular flexibility index (Phi) is 11.5. The minimum absolute atomic E-state index is 0.210. The van der Waals surface area contributed by atoms with E-state index in [4.69, 9.17) is 23.7 Å². The molecule has 0 saturated heterocycles. The van der Waals surface area contributed by atoms with E-state index in [1.165, 1.54) is 13.8 Å². The van der Waals surface area contributed by atoms with Gasteiger partial charge in [0.15, 0.2) is 12.2 Å². The zero-order valence-corrected chi connectivity index (χ0v) is 17.3. The molecule has 0 spiro atoms. The fraction of sp³-hybridized carbons (Fsp3) is 0.722. The lowest BCUT2D eigenvalue weighted by atomic mass is 9.93. The topological polar surface area (TPSA) is 152 Å². The molecule has 1 N–H and O–H groups in total. The van der Waals surface area contributed by atoms with Crippen LogP contribution in [0.5, 0.6) is 0 Å². The normalized spacial score (nSPS) is 15.7. The first kappa shape index (κ1) is 26.3. The lowest BCUT2D eigenvalue weighted by Crippen LogP contribution is -2.54. The summed E-state index contributed by atoms with van der Waals surface area (Å²) in [6.45, 7) is 6.27. The second-order valence-corrected chi connectivity index (χ2v) is 6.37. The van der Waals surface area contributed by atoms with Crippen molar-refractivity contribution in [2.75, 3.05) is 13.2 Å². The average Bonchev–Trinajstić information content (AvgIpc) is 2.57. The predicted octanol–water partition coefficient (Wildman–Crippen LogP) is -0.0953. The molecule has 0 aromatic heterocycles. The zero-order chi connectivity index (χ0) is 22.7. The smallest absolute Gasteiger partial charge is 0.303 e. The molecular formula is C18H28O11. The Balaban J connectivity index is 5.95. The number of aliphatic hydroxyl groups is 1. The summed E-state index contributed by atoms with van der Waals surface area (Å²) in [6, 6.07) is 0. The summed E-state index contributed by atoms with van der Waals surface area (Å²) in [5.74, 6) is -4.40. The summed E-state index contributed by atoms with van der Waals surface area (Å²) in [6.07, 6.45) is -5.88. The quantitative estimate of drug-likeness (QED) is 0.352. The van der Waals surface area contributed by atoms with Gasteiger partial charge in [0, 0.05) is 40.5 Å². The molecule has 11 nitrogen and oxygen atoms in total. The second kappa shape index (κ2) is 12.7. The van der Waals surface area contributed by atoms with Crippen LogP contribution in [0, 0.1) is 5.92 Å². The van der Waals surface area contributed by atoms with E-state index in [1.54, 1.807) is 0 Å². The molecule has 0 heterocycles. The van der Waals surface area contributed by atoms with Gasteiger partial charge in [-0.05, 0) is 0 Å². The van der Waals surface area contributed by atoms with E-state index < -0.39 is 66.8 Å². The van der Waals surface area contributed by atoms with Crippen molar-refractivity contribution in [3.63, 3.8) is 0 Å². The lowest BCUT2D eigenvalue weighted by molar-refractivity contribution is -0.202. The molecule has 29 heavy (non-hydrogen) atoms. The highest BCUT2D eigenvalue weighted by molar-refractivity contribution is 5.68. The van der Waals surface area contributed by atoms with E-state index in [0.717, 1.165) is 27.7 Å². The molecule has 11 heteroatoms. The van der Waals surface area contributed by atoms with Crippen molar-refractivity contribution in [1.82, 2.24) is 0 Å². The third kappa shape index (κ3) is 11.0. The highest BCUT2D eigenvalue weighted by Crippen LogP contribution is 2.23. The molecule has 0 bridgehead atoms. The van der Waals surface area contributed by atoms with Gasteiger partial charge in [-0.1, -0.05) is 6.92 Å². The van der Waals surface area contributed by atoms with Crippen molar-refractivity contribution < 1.29 is 52.8 Å². The molecule has 0 aliphatic carbocycles. The number of esters is 5. The van der Waals surface area contributed by atoms with Gasteiger partial charge in [-0.3, -0.25) is 24.0 Å². The summed E-state index contributed by atoms with van der Waals surface area (Å²) in [5, 5.41) is 10.4. The van der Waals surface area contributed by atoms with Crippen LogP contribution in [-0.2, 0) is 47.7 Å². The van der Waals surface area contributed by atoms with Gasteiger partial charge in [0.25, 0.3) is 0 Å². The van der Waals surface area contributed by atoms with Crippen LogP contribution in [0.2, 0.25) is 0 Å². The Morgan fingerprint density at radius 3 is 1.41 bits per heavy atom.